The molecular weight excluding hydrogens is 783 g/mol. The van der Waals surface area contributed by atoms with Crippen LogP contribution in [-0.2, 0) is 16.8 Å². The minimum Gasteiger partial charge on any atom is -0.372 e. The summed E-state index contributed by atoms with van der Waals surface area (Å²) in [6.07, 6.45) is 4.27. The number of benzene rings is 3. The topological polar surface area (TPSA) is 169 Å². The number of fused-ring (bicyclic) bond motifs is 3. The van der Waals surface area contributed by atoms with Gasteiger partial charge in [-0.3, -0.25) is 24.7 Å². The largest absolute Gasteiger partial charge is 0.372 e. The summed E-state index contributed by atoms with van der Waals surface area (Å²) in [6, 6.07) is 20.4. The van der Waals surface area contributed by atoms with Crippen molar-refractivity contribution >= 4 is 51.2 Å². The van der Waals surface area contributed by atoms with Crippen LogP contribution in [0.3, 0.4) is 0 Å². The number of aromatic amines is 1. The van der Waals surface area contributed by atoms with Gasteiger partial charge in [-0.2, -0.15) is 4.98 Å². The number of piperazine rings is 1. The Kier molecular flexibility index (Phi) is 11.2. The number of aryl methyl sites for hydroxylation is 1. The lowest BCUT2D eigenvalue weighted by atomic mass is 9.95. The summed E-state index contributed by atoms with van der Waals surface area (Å²) < 4.78 is 5.26. The van der Waals surface area contributed by atoms with E-state index < -0.39 is 5.91 Å². The minimum absolute atomic E-state index is 0.0425. The van der Waals surface area contributed by atoms with Gasteiger partial charge in [0.2, 0.25) is 5.91 Å². The molecule has 1 unspecified atom stereocenters. The Hall–Kier alpha value is -6.19. The van der Waals surface area contributed by atoms with Crippen molar-refractivity contribution in [2.45, 2.75) is 71.9 Å². The minimum atomic E-state index is -0.403. The Labute approximate surface area is 361 Å². The molecule has 0 bridgehead atoms. The van der Waals surface area contributed by atoms with E-state index in [-0.39, 0.29) is 29.3 Å². The fourth-order valence-electron chi connectivity index (χ4n) is 9.14. The van der Waals surface area contributed by atoms with Gasteiger partial charge in [0.15, 0.2) is 5.82 Å². The second-order valence-corrected chi connectivity index (χ2v) is 18.2. The third-order valence-corrected chi connectivity index (χ3v) is 12.7. The number of amides is 4. The van der Waals surface area contributed by atoms with Crippen LogP contribution in [0.1, 0.15) is 86.2 Å². The number of hydrogen-bond acceptors (Lipinski definition) is 11. The van der Waals surface area contributed by atoms with Gasteiger partial charge in [-0.15, -0.1) is 0 Å². The van der Waals surface area contributed by atoms with Crippen LogP contribution in [-0.4, -0.2) is 105 Å². The number of anilines is 2. The highest BCUT2D eigenvalue weighted by Crippen LogP contribution is 2.35. The fourth-order valence-corrected chi connectivity index (χ4v) is 9.14. The number of aromatic nitrogens is 5. The first kappa shape index (κ1) is 41.2. The standard InChI is InChI=1S/C47H55N11O4/c1-29-24-33(7-13-36(29)30(2)50-43(60)44-53-45(54-62-44)47(3,4)5)41-40-37-12-6-32(25-38(37)51-42(40)49-28-48-41)27-56-22-20-55(21-23-56)26-31-14-17-57(18-15-31)34-8-10-35(11-9-34)58-19-16-39(59)52-46(58)61/h6-13,24-25,28,30-31H,14-23,26-27H2,1-5H3,(H,50,60)(H,48,49,51)(H,52,59,61). The molecule has 322 valence electrons. The van der Waals surface area contributed by atoms with Crippen molar-refractivity contribution in [3.05, 3.63) is 95.4 Å². The first-order chi connectivity index (χ1) is 29.9. The zero-order chi connectivity index (χ0) is 43.1. The van der Waals surface area contributed by atoms with Crippen LogP contribution in [0.25, 0.3) is 33.2 Å². The highest BCUT2D eigenvalue weighted by molar-refractivity contribution is 6.12. The third kappa shape index (κ3) is 8.64. The molecule has 6 aromatic rings. The average molecular weight is 838 g/mol. The SMILES string of the molecule is Cc1cc(-c2ncnc3[nH]c4cc(CN5CCN(CC6CCN(c7ccc(N8CCC(=O)NC8=O)cc7)CC6)CC5)ccc4c23)ccc1C(C)NC(=O)c1nc(C(C)(C)C)no1. The lowest BCUT2D eigenvalue weighted by Gasteiger charge is -2.39. The molecule has 0 spiro atoms. The van der Waals surface area contributed by atoms with E-state index in [0.717, 1.165) is 102 Å². The molecule has 4 amide bonds. The van der Waals surface area contributed by atoms with Gasteiger partial charge < -0.3 is 24.6 Å². The summed E-state index contributed by atoms with van der Waals surface area (Å²) in [6.45, 7) is 18.7. The van der Waals surface area contributed by atoms with E-state index >= 15 is 0 Å². The van der Waals surface area contributed by atoms with E-state index in [2.05, 4.69) is 87.9 Å². The van der Waals surface area contributed by atoms with E-state index in [9.17, 15) is 14.4 Å². The molecule has 15 heteroatoms. The maximum atomic E-state index is 13.0. The Morgan fingerprint density at radius 3 is 2.35 bits per heavy atom. The molecule has 3 fully saturated rings. The molecule has 3 N–H and O–H groups in total. The fraction of sp³-hybridized carbons (Fsp3) is 0.426. The van der Waals surface area contributed by atoms with Gasteiger partial charge in [-0.1, -0.05) is 50.2 Å². The molecule has 62 heavy (non-hydrogen) atoms. The molecule has 6 heterocycles. The van der Waals surface area contributed by atoms with Crippen LogP contribution in [0.4, 0.5) is 16.2 Å². The first-order valence-electron chi connectivity index (χ1n) is 21.8. The molecule has 3 aromatic carbocycles. The molecule has 3 aromatic heterocycles. The number of piperidine rings is 1. The maximum Gasteiger partial charge on any atom is 0.328 e. The number of H-pyrrole nitrogens is 1. The number of nitrogens with one attached hydrogen (secondary N) is 3. The molecule has 0 saturated carbocycles. The number of carbonyl (C=O) groups excluding carboxylic acids is 3. The Morgan fingerprint density at radius 1 is 0.903 bits per heavy atom. The van der Waals surface area contributed by atoms with E-state index in [4.69, 9.17) is 9.51 Å². The van der Waals surface area contributed by atoms with Crippen molar-refractivity contribution in [3.8, 4) is 11.3 Å². The first-order valence-corrected chi connectivity index (χ1v) is 21.8. The number of rotatable bonds is 10. The number of carbonyl (C=O) groups is 3. The lowest BCUT2D eigenvalue weighted by Crippen LogP contribution is -2.49. The highest BCUT2D eigenvalue weighted by Gasteiger charge is 2.28. The van der Waals surface area contributed by atoms with Crippen LogP contribution in [0.15, 0.2) is 71.5 Å². The van der Waals surface area contributed by atoms with Gasteiger partial charge in [0.05, 0.1) is 17.1 Å². The van der Waals surface area contributed by atoms with Gasteiger partial charge in [-0.25, -0.2) is 14.8 Å². The highest BCUT2D eigenvalue weighted by atomic mass is 16.5. The van der Waals surface area contributed by atoms with E-state index in [0.29, 0.717) is 24.7 Å². The van der Waals surface area contributed by atoms with Gasteiger partial charge >= 0.3 is 17.8 Å². The summed E-state index contributed by atoms with van der Waals surface area (Å²) in [5, 5.41) is 11.5. The van der Waals surface area contributed by atoms with Crippen LogP contribution >= 0.6 is 0 Å². The summed E-state index contributed by atoms with van der Waals surface area (Å²) >= 11 is 0. The van der Waals surface area contributed by atoms with Crippen LogP contribution in [0, 0.1) is 12.8 Å². The second-order valence-electron chi connectivity index (χ2n) is 18.2. The molecule has 15 nitrogen and oxygen atoms in total. The number of imide groups is 1. The van der Waals surface area contributed by atoms with Crippen LogP contribution < -0.4 is 20.4 Å². The number of urea groups is 1. The van der Waals surface area contributed by atoms with Gasteiger partial charge in [0, 0.05) is 98.6 Å². The number of hydrogen-bond donors (Lipinski definition) is 3. The van der Waals surface area contributed by atoms with Crippen molar-refractivity contribution < 1.29 is 18.9 Å². The van der Waals surface area contributed by atoms with E-state index in [1.54, 1.807) is 11.2 Å². The molecule has 0 aliphatic carbocycles. The normalized spacial score (nSPS) is 17.8. The van der Waals surface area contributed by atoms with Crippen molar-refractivity contribution in [1.82, 2.24) is 45.5 Å². The molecule has 3 aliphatic rings. The van der Waals surface area contributed by atoms with E-state index in [1.165, 1.54) is 24.1 Å². The lowest BCUT2D eigenvalue weighted by molar-refractivity contribution is -0.120. The predicted octanol–water partition coefficient (Wildman–Crippen LogP) is 6.74. The second kappa shape index (κ2) is 16.9. The maximum absolute atomic E-state index is 13.0. The Bertz CT molecular complexity index is 2610. The van der Waals surface area contributed by atoms with Crippen molar-refractivity contribution in [2.75, 3.05) is 62.2 Å². The molecule has 3 saturated heterocycles. The quantitative estimate of drug-likeness (QED) is 0.134. The average Bonchev–Trinajstić information content (AvgIpc) is 3.91. The monoisotopic (exact) mass is 837 g/mol. The van der Waals surface area contributed by atoms with Gasteiger partial charge in [-0.05, 0) is 85.7 Å². The Morgan fingerprint density at radius 2 is 1.65 bits per heavy atom. The van der Waals surface area contributed by atoms with Crippen molar-refractivity contribution in [3.63, 3.8) is 0 Å². The summed E-state index contributed by atoms with van der Waals surface area (Å²) in [5.74, 6) is 0.517. The van der Waals surface area contributed by atoms with Crippen molar-refractivity contribution in [2.24, 2.45) is 5.92 Å². The predicted molar refractivity (Wildman–Crippen MR) is 239 cm³/mol. The zero-order valence-corrected chi connectivity index (χ0v) is 36.2. The Balaban J connectivity index is 0.777. The molecule has 9 rings (SSSR count). The van der Waals surface area contributed by atoms with Gasteiger partial charge in [0.1, 0.15) is 12.0 Å². The molecule has 0 radical (unpaired) electrons. The molecule has 1 atom stereocenters. The number of nitrogens with zero attached hydrogens (tertiary/aromatic N) is 8. The van der Waals surface area contributed by atoms with Crippen LogP contribution in [0.2, 0.25) is 0 Å². The smallest absolute Gasteiger partial charge is 0.328 e. The summed E-state index contributed by atoms with van der Waals surface area (Å²) in [4.78, 5) is 63.3. The summed E-state index contributed by atoms with van der Waals surface area (Å²) in [5.41, 5.74) is 8.67. The van der Waals surface area contributed by atoms with Crippen LogP contribution in [0.5, 0.6) is 0 Å². The van der Waals surface area contributed by atoms with Gasteiger partial charge in [0.25, 0.3) is 0 Å². The molecule has 3 aliphatic heterocycles. The van der Waals surface area contributed by atoms with E-state index in [1.807, 2.05) is 52.8 Å². The summed E-state index contributed by atoms with van der Waals surface area (Å²) in [7, 11) is 0. The molecular formula is C47H55N11O4. The zero-order valence-electron chi connectivity index (χ0n) is 36.2. The van der Waals surface area contributed by atoms with Crippen molar-refractivity contribution in [1.29, 1.82) is 0 Å². The third-order valence-electron chi connectivity index (χ3n) is 12.7.